The van der Waals surface area contributed by atoms with Gasteiger partial charge in [-0.1, -0.05) is 103 Å². The van der Waals surface area contributed by atoms with Crippen LogP contribution >= 0.6 is 23.2 Å². The number of hydrogen-bond donors (Lipinski definition) is 0. The van der Waals surface area contributed by atoms with Gasteiger partial charge in [-0.3, -0.25) is 0 Å². The summed E-state index contributed by atoms with van der Waals surface area (Å²) in [6.45, 7) is 1.54. The minimum Gasteiger partial charge on any atom is -0.374 e. The van der Waals surface area contributed by atoms with E-state index in [1.165, 1.54) is 0 Å². The third-order valence-electron chi connectivity index (χ3n) is 7.02. The molecule has 1 aliphatic rings. The molecule has 1 aliphatic heterocycles. The Morgan fingerprint density at radius 2 is 1.24 bits per heavy atom. The Kier molecular flexibility index (Phi) is 8.91. The molecule has 7 nitrogen and oxygen atoms in total. The molecular weight excluding hydrogens is 561 g/mol. The van der Waals surface area contributed by atoms with Crippen molar-refractivity contribution < 1.29 is 18.9 Å². The summed E-state index contributed by atoms with van der Waals surface area (Å²) < 4.78 is 27.9. The summed E-state index contributed by atoms with van der Waals surface area (Å²) in [5.41, 5.74) is 4.41. The molecule has 0 unspecified atom stereocenters. The molecule has 2 aromatic heterocycles. The van der Waals surface area contributed by atoms with Gasteiger partial charge in [-0.25, -0.2) is 9.97 Å². The second-order valence-electron chi connectivity index (χ2n) is 9.83. The smallest absolute Gasteiger partial charge is 0.224 e. The standard InChI is InChI=1S/C32H29Cl2N3O4/c33-30-27-25(35-32(34)36-30)16-17-37(27)31-29(40-20-24-14-8-3-9-15-24)28(39-19-23-12-6-2-7-13-23)26(41-31)21-38-18-22-10-4-1-5-11-22/h1-17,26,28-29,31H,18-21H2/t26-,28-,29+,31-/m1/s1. The Hall–Kier alpha value is -3.30. The third-order valence-corrected chi connectivity index (χ3v) is 7.45. The molecule has 3 aromatic carbocycles. The van der Waals surface area contributed by atoms with Crippen LogP contribution in [0.2, 0.25) is 10.4 Å². The largest absolute Gasteiger partial charge is 0.374 e. The Morgan fingerprint density at radius 3 is 1.85 bits per heavy atom. The van der Waals surface area contributed by atoms with Crippen LogP contribution in [0.3, 0.4) is 0 Å². The van der Waals surface area contributed by atoms with E-state index in [4.69, 9.17) is 42.1 Å². The summed E-state index contributed by atoms with van der Waals surface area (Å²) in [5, 5.41) is 0.321. The van der Waals surface area contributed by atoms with E-state index in [1.807, 2.05) is 108 Å². The molecule has 3 heterocycles. The maximum atomic E-state index is 6.68. The molecule has 6 rings (SSSR count). The molecule has 0 amide bonds. The Morgan fingerprint density at radius 1 is 0.683 bits per heavy atom. The lowest BCUT2D eigenvalue weighted by Crippen LogP contribution is -2.38. The van der Waals surface area contributed by atoms with Crippen LogP contribution < -0.4 is 0 Å². The predicted octanol–water partition coefficient (Wildman–Crippen LogP) is 7.02. The van der Waals surface area contributed by atoms with E-state index >= 15 is 0 Å². The van der Waals surface area contributed by atoms with Crippen LogP contribution in [0.5, 0.6) is 0 Å². The molecule has 9 heteroatoms. The second-order valence-corrected chi connectivity index (χ2v) is 10.5. The van der Waals surface area contributed by atoms with Gasteiger partial charge in [-0.2, -0.15) is 0 Å². The highest BCUT2D eigenvalue weighted by Crippen LogP contribution is 2.38. The number of ether oxygens (including phenoxy) is 4. The first-order valence-electron chi connectivity index (χ1n) is 13.4. The number of halogens is 2. The minimum atomic E-state index is -0.579. The molecule has 0 radical (unpaired) electrons. The van der Waals surface area contributed by atoms with Gasteiger partial charge >= 0.3 is 0 Å². The number of fused-ring (bicyclic) bond motifs is 1. The summed E-state index contributed by atoms with van der Waals surface area (Å²) >= 11 is 12.6. The summed E-state index contributed by atoms with van der Waals surface area (Å²) in [6.07, 6.45) is -0.0648. The Balaban J connectivity index is 1.31. The SMILES string of the molecule is Clc1nc(Cl)c2c(ccn2[C@@H]2O[C@H](COCc3ccccc3)[C@@H](OCc3ccccc3)[C@@H]2OCc2ccccc2)n1. The molecule has 0 N–H and O–H groups in total. The van der Waals surface area contributed by atoms with Crippen LogP contribution in [-0.4, -0.2) is 39.5 Å². The molecule has 0 aliphatic carbocycles. The van der Waals surface area contributed by atoms with Crippen molar-refractivity contribution in [3.05, 3.63) is 130 Å². The monoisotopic (exact) mass is 589 g/mol. The second kappa shape index (κ2) is 13.1. The lowest BCUT2D eigenvalue weighted by molar-refractivity contribution is -0.0913. The maximum absolute atomic E-state index is 6.68. The zero-order valence-corrected chi connectivity index (χ0v) is 23.7. The molecule has 5 aromatic rings. The van der Waals surface area contributed by atoms with Crippen LogP contribution in [0.1, 0.15) is 22.9 Å². The zero-order valence-electron chi connectivity index (χ0n) is 22.2. The molecule has 210 valence electrons. The third kappa shape index (κ3) is 6.62. The lowest BCUT2D eigenvalue weighted by Gasteiger charge is -2.26. The summed E-state index contributed by atoms with van der Waals surface area (Å²) in [6, 6.07) is 32.0. The highest BCUT2D eigenvalue weighted by molar-refractivity contribution is 6.35. The Labute approximate surface area is 248 Å². The molecule has 41 heavy (non-hydrogen) atoms. The number of benzene rings is 3. The average molecular weight is 591 g/mol. The van der Waals surface area contributed by atoms with Gasteiger partial charge in [0.25, 0.3) is 0 Å². The average Bonchev–Trinajstić information content (AvgIpc) is 3.57. The highest BCUT2D eigenvalue weighted by atomic mass is 35.5. The van der Waals surface area contributed by atoms with E-state index in [0.717, 1.165) is 16.7 Å². The minimum absolute atomic E-state index is 0.0840. The van der Waals surface area contributed by atoms with Crippen molar-refractivity contribution in [3.8, 4) is 0 Å². The fourth-order valence-electron chi connectivity index (χ4n) is 5.06. The molecule has 0 bridgehead atoms. The van der Waals surface area contributed by atoms with Gasteiger partial charge < -0.3 is 23.5 Å². The van der Waals surface area contributed by atoms with Crippen molar-refractivity contribution in [2.45, 2.75) is 44.4 Å². The molecule has 0 saturated carbocycles. The summed E-state index contributed by atoms with van der Waals surface area (Å²) in [4.78, 5) is 8.51. The number of aromatic nitrogens is 3. The fraction of sp³-hybridized carbons (Fsp3) is 0.250. The van der Waals surface area contributed by atoms with Crippen LogP contribution in [0, 0.1) is 0 Å². The summed E-state index contributed by atoms with van der Waals surface area (Å²) in [7, 11) is 0. The lowest BCUT2D eigenvalue weighted by atomic mass is 10.1. The highest BCUT2D eigenvalue weighted by Gasteiger charge is 2.48. The summed E-state index contributed by atoms with van der Waals surface area (Å²) in [5.74, 6) is 0. The molecule has 4 atom stereocenters. The van der Waals surface area contributed by atoms with E-state index < -0.39 is 24.5 Å². The molecular formula is C32H29Cl2N3O4. The van der Waals surface area contributed by atoms with E-state index in [9.17, 15) is 0 Å². The first kappa shape index (κ1) is 27.8. The van der Waals surface area contributed by atoms with Gasteiger partial charge in [-0.15, -0.1) is 0 Å². The van der Waals surface area contributed by atoms with E-state index in [0.29, 0.717) is 37.5 Å². The first-order chi connectivity index (χ1) is 20.2. The quantitative estimate of drug-likeness (QED) is 0.122. The molecule has 0 spiro atoms. The Bertz CT molecular complexity index is 1550. The van der Waals surface area contributed by atoms with Gasteiger partial charge in [0.2, 0.25) is 5.28 Å². The van der Waals surface area contributed by atoms with Crippen molar-refractivity contribution in [1.82, 2.24) is 14.5 Å². The fourth-order valence-corrected chi connectivity index (χ4v) is 5.55. The normalized spacial score (nSPS) is 20.5. The van der Waals surface area contributed by atoms with Crippen LogP contribution in [0.15, 0.2) is 103 Å². The van der Waals surface area contributed by atoms with Gasteiger partial charge in [0, 0.05) is 6.20 Å². The van der Waals surface area contributed by atoms with Gasteiger partial charge in [0.1, 0.15) is 23.8 Å². The van der Waals surface area contributed by atoms with Gasteiger partial charge in [0.15, 0.2) is 11.4 Å². The van der Waals surface area contributed by atoms with Crippen LogP contribution in [0.25, 0.3) is 11.0 Å². The van der Waals surface area contributed by atoms with Gasteiger partial charge in [0.05, 0.1) is 31.9 Å². The van der Waals surface area contributed by atoms with Gasteiger partial charge in [-0.05, 0) is 34.4 Å². The van der Waals surface area contributed by atoms with Crippen molar-refractivity contribution in [3.63, 3.8) is 0 Å². The van der Waals surface area contributed by atoms with Crippen molar-refractivity contribution in [1.29, 1.82) is 0 Å². The number of hydrogen-bond acceptors (Lipinski definition) is 6. The van der Waals surface area contributed by atoms with E-state index in [1.54, 1.807) is 0 Å². The van der Waals surface area contributed by atoms with Crippen molar-refractivity contribution in [2.24, 2.45) is 0 Å². The first-order valence-corrected chi connectivity index (χ1v) is 14.2. The number of rotatable bonds is 11. The maximum Gasteiger partial charge on any atom is 0.224 e. The number of nitrogens with zero attached hydrogens (tertiary/aromatic N) is 3. The zero-order chi connectivity index (χ0) is 28.0. The molecule has 1 fully saturated rings. The van der Waals surface area contributed by atoms with Crippen LogP contribution in [0.4, 0.5) is 0 Å². The predicted molar refractivity (Wildman–Crippen MR) is 158 cm³/mol. The van der Waals surface area contributed by atoms with E-state index in [-0.39, 0.29) is 10.4 Å². The topological polar surface area (TPSA) is 67.6 Å². The van der Waals surface area contributed by atoms with E-state index in [2.05, 4.69) is 9.97 Å². The van der Waals surface area contributed by atoms with Crippen LogP contribution in [-0.2, 0) is 38.8 Å². The van der Waals surface area contributed by atoms with Crippen molar-refractivity contribution in [2.75, 3.05) is 6.61 Å². The molecule has 1 saturated heterocycles. The van der Waals surface area contributed by atoms with Crippen molar-refractivity contribution >= 4 is 34.2 Å².